The molecular formula is C15H20O. The van der Waals surface area contributed by atoms with E-state index in [0.717, 1.165) is 12.8 Å². The van der Waals surface area contributed by atoms with Crippen LogP contribution >= 0.6 is 0 Å². The van der Waals surface area contributed by atoms with Crippen LogP contribution in [0.25, 0.3) is 0 Å². The maximum absolute atomic E-state index is 11.6. The maximum atomic E-state index is 11.6. The predicted molar refractivity (Wildman–Crippen MR) is 66.5 cm³/mol. The Kier molecular flexibility index (Phi) is 3.13. The van der Waals surface area contributed by atoms with Crippen molar-refractivity contribution in [1.82, 2.24) is 0 Å². The molecular weight excluding hydrogens is 196 g/mol. The van der Waals surface area contributed by atoms with Gasteiger partial charge in [0.1, 0.15) is 5.78 Å². The molecule has 16 heavy (non-hydrogen) atoms. The van der Waals surface area contributed by atoms with Crippen LogP contribution < -0.4 is 0 Å². The van der Waals surface area contributed by atoms with Gasteiger partial charge >= 0.3 is 0 Å². The van der Waals surface area contributed by atoms with Gasteiger partial charge in [-0.15, -0.1) is 0 Å². The third-order valence-corrected chi connectivity index (χ3v) is 3.83. The van der Waals surface area contributed by atoms with Gasteiger partial charge in [0.05, 0.1) is 0 Å². The summed E-state index contributed by atoms with van der Waals surface area (Å²) in [5, 5.41) is 0. The fourth-order valence-corrected chi connectivity index (χ4v) is 2.79. The van der Waals surface area contributed by atoms with Crippen molar-refractivity contribution in [1.29, 1.82) is 0 Å². The van der Waals surface area contributed by atoms with Crippen LogP contribution in [0, 0.1) is 11.8 Å². The Morgan fingerprint density at radius 3 is 2.62 bits per heavy atom. The van der Waals surface area contributed by atoms with Crippen molar-refractivity contribution in [2.24, 2.45) is 11.8 Å². The van der Waals surface area contributed by atoms with E-state index in [1.54, 1.807) is 6.92 Å². The van der Waals surface area contributed by atoms with Crippen LogP contribution in [0.4, 0.5) is 0 Å². The fourth-order valence-electron chi connectivity index (χ4n) is 2.79. The van der Waals surface area contributed by atoms with Crippen LogP contribution in [0.1, 0.15) is 44.2 Å². The smallest absolute Gasteiger partial charge is 0.133 e. The van der Waals surface area contributed by atoms with Gasteiger partial charge in [-0.1, -0.05) is 38.1 Å². The molecule has 0 radical (unpaired) electrons. The predicted octanol–water partition coefficient (Wildman–Crippen LogP) is 3.58. The van der Waals surface area contributed by atoms with Crippen LogP contribution in [0.15, 0.2) is 24.3 Å². The second-order valence-corrected chi connectivity index (χ2v) is 5.30. The van der Waals surface area contributed by atoms with Gasteiger partial charge < -0.3 is 0 Å². The van der Waals surface area contributed by atoms with E-state index in [-0.39, 0.29) is 5.92 Å². The summed E-state index contributed by atoms with van der Waals surface area (Å²) < 4.78 is 0. The standard InChI is InChI=1S/C15H20O/c1-10(2)15(11(3)16)9-13-8-12-6-4-5-7-14(12)13/h4-7,10,13,15H,8-9H2,1-3H3. The minimum Gasteiger partial charge on any atom is -0.300 e. The van der Waals surface area contributed by atoms with Crippen LogP contribution in [-0.4, -0.2) is 5.78 Å². The van der Waals surface area contributed by atoms with E-state index in [1.807, 2.05) is 0 Å². The van der Waals surface area contributed by atoms with E-state index in [1.165, 1.54) is 11.1 Å². The normalized spacial score (nSPS) is 20.1. The molecule has 0 bridgehead atoms. The number of hydrogen-bond donors (Lipinski definition) is 0. The van der Waals surface area contributed by atoms with Crippen LogP contribution in [0.5, 0.6) is 0 Å². The Morgan fingerprint density at radius 2 is 2.06 bits per heavy atom. The van der Waals surface area contributed by atoms with Crippen molar-refractivity contribution in [3.63, 3.8) is 0 Å². The number of benzene rings is 1. The van der Waals surface area contributed by atoms with E-state index in [0.29, 0.717) is 17.6 Å². The lowest BCUT2D eigenvalue weighted by molar-refractivity contribution is -0.122. The summed E-state index contributed by atoms with van der Waals surface area (Å²) in [4.78, 5) is 11.6. The van der Waals surface area contributed by atoms with Crippen molar-refractivity contribution in [2.75, 3.05) is 0 Å². The van der Waals surface area contributed by atoms with Gasteiger partial charge in [-0.2, -0.15) is 0 Å². The summed E-state index contributed by atoms with van der Waals surface area (Å²) in [6.45, 7) is 6.03. The average Bonchev–Trinajstić information content (AvgIpc) is 2.18. The minimum absolute atomic E-state index is 0.235. The molecule has 0 saturated heterocycles. The monoisotopic (exact) mass is 216 g/mol. The van der Waals surface area contributed by atoms with Gasteiger partial charge in [0.2, 0.25) is 0 Å². The molecule has 2 rings (SSSR count). The van der Waals surface area contributed by atoms with E-state index >= 15 is 0 Å². The lowest BCUT2D eigenvalue weighted by Crippen LogP contribution is -2.25. The number of ketones is 1. The Hall–Kier alpha value is -1.11. The van der Waals surface area contributed by atoms with E-state index in [2.05, 4.69) is 38.1 Å². The second kappa shape index (κ2) is 4.40. The lowest BCUT2D eigenvalue weighted by atomic mass is 9.71. The molecule has 2 unspecified atom stereocenters. The molecule has 0 N–H and O–H groups in total. The number of fused-ring (bicyclic) bond motifs is 1. The molecule has 0 heterocycles. The Morgan fingerprint density at radius 1 is 1.38 bits per heavy atom. The number of Topliss-reactive ketones (excluding diaryl/α,β-unsaturated/α-hetero) is 1. The molecule has 1 aromatic rings. The number of hydrogen-bond acceptors (Lipinski definition) is 1. The molecule has 1 aromatic carbocycles. The molecule has 0 aliphatic heterocycles. The van der Waals surface area contributed by atoms with Gasteiger partial charge in [0.15, 0.2) is 0 Å². The first-order valence-corrected chi connectivity index (χ1v) is 6.18. The van der Waals surface area contributed by atoms with Gasteiger partial charge in [0.25, 0.3) is 0 Å². The zero-order valence-electron chi connectivity index (χ0n) is 10.4. The Balaban J connectivity index is 2.05. The summed E-state index contributed by atoms with van der Waals surface area (Å²) >= 11 is 0. The molecule has 1 aliphatic carbocycles. The van der Waals surface area contributed by atoms with Crippen molar-refractivity contribution < 1.29 is 4.79 Å². The first-order chi connectivity index (χ1) is 7.59. The topological polar surface area (TPSA) is 17.1 Å². The second-order valence-electron chi connectivity index (χ2n) is 5.30. The summed E-state index contributed by atoms with van der Waals surface area (Å²) in [5.74, 6) is 1.66. The summed E-state index contributed by atoms with van der Waals surface area (Å²) in [6.07, 6.45) is 2.19. The average molecular weight is 216 g/mol. The van der Waals surface area contributed by atoms with Gasteiger partial charge in [-0.25, -0.2) is 0 Å². The third kappa shape index (κ3) is 2.04. The maximum Gasteiger partial charge on any atom is 0.133 e. The lowest BCUT2D eigenvalue weighted by Gasteiger charge is -2.33. The number of carbonyl (C=O) groups is 1. The zero-order valence-corrected chi connectivity index (χ0v) is 10.4. The number of carbonyl (C=O) groups excluding carboxylic acids is 1. The highest BCUT2D eigenvalue weighted by Crippen LogP contribution is 2.40. The van der Waals surface area contributed by atoms with E-state index in [4.69, 9.17) is 0 Å². The number of rotatable bonds is 4. The highest BCUT2D eigenvalue weighted by molar-refractivity contribution is 5.78. The summed E-state index contributed by atoms with van der Waals surface area (Å²) in [5.41, 5.74) is 2.94. The van der Waals surface area contributed by atoms with Crippen LogP contribution in [-0.2, 0) is 11.2 Å². The SMILES string of the molecule is CC(=O)C(CC1Cc2ccccc21)C(C)C. The van der Waals surface area contributed by atoms with E-state index in [9.17, 15) is 4.79 Å². The molecule has 1 aliphatic rings. The van der Waals surface area contributed by atoms with E-state index < -0.39 is 0 Å². The van der Waals surface area contributed by atoms with Gasteiger partial charge in [-0.3, -0.25) is 4.79 Å². The zero-order chi connectivity index (χ0) is 11.7. The Labute approximate surface area is 97.9 Å². The molecule has 2 atom stereocenters. The summed E-state index contributed by atoms with van der Waals surface area (Å²) in [6, 6.07) is 8.61. The molecule has 0 fully saturated rings. The molecule has 0 amide bonds. The van der Waals surface area contributed by atoms with Crippen molar-refractivity contribution in [3.8, 4) is 0 Å². The highest BCUT2D eigenvalue weighted by Gasteiger charge is 2.30. The molecule has 1 heteroatoms. The first kappa shape index (κ1) is 11.4. The van der Waals surface area contributed by atoms with Gasteiger partial charge in [-0.05, 0) is 42.7 Å². The quantitative estimate of drug-likeness (QED) is 0.752. The van der Waals surface area contributed by atoms with Crippen molar-refractivity contribution in [2.45, 2.75) is 39.5 Å². The molecule has 0 saturated carbocycles. The molecule has 0 spiro atoms. The first-order valence-electron chi connectivity index (χ1n) is 6.18. The highest BCUT2D eigenvalue weighted by atomic mass is 16.1. The molecule has 1 nitrogen and oxygen atoms in total. The van der Waals surface area contributed by atoms with Gasteiger partial charge in [0, 0.05) is 5.92 Å². The summed E-state index contributed by atoms with van der Waals surface area (Å²) in [7, 11) is 0. The fraction of sp³-hybridized carbons (Fsp3) is 0.533. The van der Waals surface area contributed by atoms with Crippen LogP contribution in [0.2, 0.25) is 0 Å². The minimum atomic E-state index is 0.235. The van der Waals surface area contributed by atoms with Crippen molar-refractivity contribution in [3.05, 3.63) is 35.4 Å². The molecule has 0 aromatic heterocycles. The molecule has 86 valence electrons. The largest absolute Gasteiger partial charge is 0.300 e. The Bertz CT molecular complexity index is 392. The van der Waals surface area contributed by atoms with Crippen molar-refractivity contribution >= 4 is 5.78 Å². The third-order valence-electron chi connectivity index (χ3n) is 3.83. The van der Waals surface area contributed by atoms with Crippen LogP contribution in [0.3, 0.4) is 0 Å².